The highest BCUT2D eigenvalue weighted by molar-refractivity contribution is 5.88. The molecule has 7 atom stereocenters. The van der Waals surface area contributed by atoms with Gasteiger partial charge in [0.25, 0.3) is 0 Å². The first kappa shape index (κ1) is 34.4. The van der Waals surface area contributed by atoms with Crippen LogP contribution < -0.4 is 0 Å². The first-order valence-electron chi connectivity index (χ1n) is 18.6. The minimum atomic E-state index is -0.245. The summed E-state index contributed by atoms with van der Waals surface area (Å²) in [5.41, 5.74) is 1.17. The average Bonchev–Trinajstić information content (AvgIpc) is 3.28. The zero-order valence-corrected chi connectivity index (χ0v) is 28.4. The largest absolute Gasteiger partial charge is 0.462 e. The number of ketones is 2. The van der Waals surface area contributed by atoms with Gasteiger partial charge in [0.05, 0.1) is 0 Å². The first-order valence-corrected chi connectivity index (χ1v) is 18.6. The van der Waals surface area contributed by atoms with E-state index in [-0.39, 0.29) is 34.7 Å². The number of unbranched alkanes of at least 4 members (excludes halogenated alkanes) is 14. The Morgan fingerprint density at radius 2 is 1.30 bits per heavy atom. The van der Waals surface area contributed by atoms with E-state index in [0.717, 1.165) is 51.4 Å². The molecule has 0 N–H and O–H groups in total. The number of carbonyl (C=O) groups is 3. The molecule has 4 rings (SSSR count). The second kappa shape index (κ2) is 16.2. The number of rotatable bonds is 18. The fraction of sp³-hybridized carbons (Fsp3) is 0.872. The summed E-state index contributed by atoms with van der Waals surface area (Å²) >= 11 is 0. The molecule has 0 amide bonds. The Morgan fingerprint density at radius 1 is 0.767 bits per heavy atom. The van der Waals surface area contributed by atoms with Gasteiger partial charge in [0.15, 0.2) is 0 Å². The number of fused-ring (bicyclic) bond motifs is 5. The van der Waals surface area contributed by atoms with E-state index in [1.54, 1.807) is 0 Å². The number of ether oxygens (including phenoxy) is 1. The number of Topliss-reactive ketones (excluding diaryl/α,β-unsaturated/α-hetero) is 2. The summed E-state index contributed by atoms with van der Waals surface area (Å²) in [6.45, 7) is 8.40. The number of hydrogen-bond donors (Lipinski definition) is 0. The molecular weight excluding hydrogens is 532 g/mol. The summed E-state index contributed by atoms with van der Waals surface area (Å²) in [6.07, 6.45) is 29.2. The molecule has 4 nitrogen and oxygen atoms in total. The van der Waals surface area contributed by atoms with Gasteiger partial charge in [-0.3, -0.25) is 14.4 Å². The predicted octanol–water partition coefficient (Wildman–Crippen LogP) is 10.5. The van der Waals surface area contributed by atoms with E-state index in [4.69, 9.17) is 4.74 Å². The molecule has 0 aliphatic heterocycles. The predicted molar refractivity (Wildman–Crippen MR) is 176 cm³/mol. The van der Waals surface area contributed by atoms with E-state index < -0.39 is 0 Å². The van der Waals surface area contributed by atoms with Crippen LogP contribution in [0.15, 0.2) is 11.6 Å². The number of esters is 1. The molecule has 4 aliphatic carbocycles. The Labute approximate surface area is 263 Å². The van der Waals surface area contributed by atoms with Gasteiger partial charge in [0.2, 0.25) is 0 Å². The maximum Gasteiger partial charge on any atom is 0.302 e. The van der Waals surface area contributed by atoms with Crippen LogP contribution in [0.4, 0.5) is 0 Å². The van der Waals surface area contributed by atoms with E-state index in [1.165, 1.54) is 96.0 Å². The van der Waals surface area contributed by atoms with E-state index in [9.17, 15) is 14.4 Å². The van der Waals surface area contributed by atoms with Crippen molar-refractivity contribution in [1.29, 1.82) is 0 Å². The zero-order chi connectivity index (χ0) is 30.9. The third-order valence-electron chi connectivity index (χ3n) is 12.6. The van der Waals surface area contributed by atoms with Gasteiger partial charge >= 0.3 is 5.97 Å². The highest BCUT2D eigenvalue weighted by atomic mass is 16.5. The van der Waals surface area contributed by atoms with Gasteiger partial charge < -0.3 is 4.74 Å². The topological polar surface area (TPSA) is 60.4 Å². The Morgan fingerprint density at radius 3 is 1.88 bits per heavy atom. The van der Waals surface area contributed by atoms with Crippen LogP contribution >= 0.6 is 0 Å². The number of hydrogen-bond acceptors (Lipinski definition) is 4. The van der Waals surface area contributed by atoms with Gasteiger partial charge in [-0.2, -0.15) is 0 Å². The third-order valence-corrected chi connectivity index (χ3v) is 12.6. The Balaban J connectivity index is 1.25. The van der Waals surface area contributed by atoms with Crippen molar-refractivity contribution in [1.82, 2.24) is 0 Å². The molecule has 43 heavy (non-hydrogen) atoms. The van der Waals surface area contributed by atoms with Crippen molar-refractivity contribution in [2.75, 3.05) is 0 Å². The quantitative estimate of drug-likeness (QED) is 0.0897. The lowest BCUT2D eigenvalue weighted by Gasteiger charge is -2.58. The van der Waals surface area contributed by atoms with Crippen LogP contribution in [0.2, 0.25) is 0 Å². The van der Waals surface area contributed by atoms with E-state index >= 15 is 0 Å². The lowest BCUT2D eigenvalue weighted by atomic mass is 9.45. The summed E-state index contributed by atoms with van der Waals surface area (Å²) in [5.74, 6) is 1.61. The average molecular weight is 597 g/mol. The zero-order valence-electron chi connectivity index (χ0n) is 28.4. The molecule has 1 unspecified atom stereocenters. The maximum atomic E-state index is 14.0. The monoisotopic (exact) mass is 596 g/mol. The van der Waals surface area contributed by atoms with Crippen LogP contribution in [0, 0.1) is 34.5 Å². The van der Waals surface area contributed by atoms with Crippen molar-refractivity contribution < 1.29 is 19.1 Å². The van der Waals surface area contributed by atoms with Crippen molar-refractivity contribution in [3.63, 3.8) is 0 Å². The highest BCUT2D eigenvalue weighted by Crippen LogP contribution is 2.65. The van der Waals surface area contributed by atoms with Crippen LogP contribution in [0.1, 0.15) is 175 Å². The van der Waals surface area contributed by atoms with Crippen molar-refractivity contribution in [2.45, 2.75) is 181 Å². The molecule has 0 heterocycles. The molecule has 3 fully saturated rings. The van der Waals surface area contributed by atoms with Gasteiger partial charge in [-0.15, -0.1) is 0 Å². The Kier molecular flexibility index (Phi) is 13.0. The second-order valence-corrected chi connectivity index (χ2v) is 15.5. The van der Waals surface area contributed by atoms with Crippen molar-refractivity contribution in [3.05, 3.63) is 11.6 Å². The lowest BCUT2D eigenvalue weighted by molar-refractivity contribution is -0.150. The van der Waals surface area contributed by atoms with Crippen LogP contribution in [0.25, 0.3) is 0 Å². The van der Waals surface area contributed by atoms with Crippen molar-refractivity contribution in [2.24, 2.45) is 34.5 Å². The van der Waals surface area contributed by atoms with Crippen LogP contribution in [-0.4, -0.2) is 23.6 Å². The molecule has 4 heteroatoms. The van der Waals surface area contributed by atoms with Crippen molar-refractivity contribution in [3.8, 4) is 0 Å². The third kappa shape index (κ3) is 8.43. The molecular formula is C39H64O4. The van der Waals surface area contributed by atoms with Gasteiger partial charge in [0, 0.05) is 37.5 Å². The lowest BCUT2D eigenvalue weighted by Crippen LogP contribution is -2.54. The van der Waals surface area contributed by atoms with Gasteiger partial charge in [-0.1, -0.05) is 122 Å². The van der Waals surface area contributed by atoms with Crippen LogP contribution in [0.3, 0.4) is 0 Å². The summed E-state index contributed by atoms with van der Waals surface area (Å²) < 4.78 is 5.67. The molecule has 244 valence electrons. The summed E-state index contributed by atoms with van der Waals surface area (Å²) in [4.78, 5) is 38.8. The number of carbonyl (C=O) groups excluding carboxylic acids is 3. The smallest absolute Gasteiger partial charge is 0.302 e. The first-order chi connectivity index (χ1) is 20.7. The maximum absolute atomic E-state index is 14.0. The molecule has 4 aliphatic rings. The molecule has 0 aromatic rings. The normalized spacial score (nSPS) is 33.3. The number of allylic oxidation sites excluding steroid dienone is 1. The minimum absolute atomic E-state index is 0.0553. The van der Waals surface area contributed by atoms with E-state index in [2.05, 4.69) is 26.8 Å². The van der Waals surface area contributed by atoms with Crippen LogP contribution in [0.5, 0.6) is 0 Å². The van der Waals surface area contributed by atoms with E-state index in [0.29, 0.717) is 36.2 Å². The van der Waals surface area contributed by atoms with Crippen LogP contribution in [-0.2, 0) is 19.1 Å². The molecule has 0 radical (unpaired) electrons. The molecule has 0 aromatic heterocycles. The Bertz CT molecular complexity index is 966. The summed E-state index contributed by atoms with van der Waals surface area (Å²) in [7, 11) is 0. The fourth-order valence-electron chi connectivity index (χ4n) is 9.90. The molecule has 0 aromatic carbocycles. The van der Waals surface area contributed by atoms with Gasteiger partial charge in [-0.25, -0.2) is 0 Å². The molecule has 0 spiro atoms. The Hall–Kier alpha value is -1.45. The van der Waals surface area contributed by atoms with E-state index in [1.807, 2.05) is 0 Å². The SMILES string of the molecule is CCCCCCCCCCCCCCCCCC(=O)C1C=C2C[C@@H](OC(C)=O)CC[C@]2(C)[C@H]2CC[C@]3(C)C(=O)CC[C@H]3[C@H]12. The van der Waals surface area contributed by atoms with Crippen molar-refractivity contribution >= 4 is 17.5 Å². The molecule has 3 saturated carbocycles. The van der Waals surface area contributed by atoms with Gasteiger partial charge in [0.1, 0.15) is 17.7 Å². The fourth-order valence-corrected chi connectivity index (χ4v) is 9.90. The second-order valence-electron chi connectivity index (χ2n) is 15.5. The summed E-state index contributed by atoms with van der Waals surface area (Å²) in [5, 5.41) is 0. The highest BCUT2D eigenvalue weighted by Gasteiger charge is 2.61. The minimum Gasteiger partial charge on any atom is -0.462 e. The van der Waals surface area contributed by atoms with Gasteiger partial charge in [-0.05, 0) is 61.7 Å². The molecule has 0 bridgehead atoms. The molecule has 0 saturated heterocycles. The summed E-state index contributed by atoms with van der Waals surface area (Å²) in [6, 6.07) is 0. The standard InChI is InChI=1S/C39H64O4/c1-5-6-7-8-9-10-11-12-13-14-15-16-17-18-19-20-35(41)32-28-30-27-31(43-29(2)40)23-25-38(30,3)34-24-26-39(4)33(37(32)34)21-22-36(39)42/h28,31-34,37H,5-27H2,1-4H3/t31-,32?,33-,34-,37-,38-,39-/m0/s1.